The van der Waals surface area contributed by atoms with E-state index in [0.717, 1.165) is 17.6 Å². The predicted octanol–water partition coefficient (Wildman–Crippen LogP) is 3.30. The second-order valence-electron chi connectivity index (χ2n) is 5.38. The van der Waals surface area contributed by atoms with E-state index in [1.807, 2.05) is 30.5 Å². The Hall–Kier alpha value is -1.29. The Kier molecular flexibility index (Phi) is 12.3. The van der Waals surface area contributed by atoms with Crippen molar-refractivity contribution in [1.82, 2.24) is 14.9 Å². The van der Waals surface area contributed by atoms with Crippen molar-refractivity contribution >= 4 is 21.8 Å². The van der Waals surface area contributed by atoms with Crippen LogP contribution in [0, 0.1) is 0 Å². The maximum atomic E-state index is 9.56. The summed E-state index contributed by atoms with van der Waals surface area (Å²) in [5.41, 5.74) is 2.32. The zero-order valence-electron chi connectivity index (χ0n) is 14.5. The molecular weight excluding hydrogens is 501 g/mol. The molecule has 6 heteroatoms. The second-order valence-corrected chi connectivity index (χ2v) is 6.87. The molecule has 2 heterocycles. The number of nitrogens with zero attached hydrogens (tertiary/aromatic N) is 2. The van der Waals surface area contributed by atoms with Gasteiger partial charge in [-0.3, -0.25) is 4.21 Å². The molecule has 0 unspecified atom stereocenters. The van der Waals surface area contributed by atoms with Crippen LogP contribution in [0.2, 0.25) is 0 Å². The average Bonchev–Trinajstić information content (AvgIpc) is 2.96. The summed E-state index contributed by atoms with van der Waals surface area (Å²) in [6.45, 7) is 1.03. The topological polar surface area (TPSA) is 49.0 Å². The third-order valence-electron chi connectivity index (χ3n) is 2.66. The SMILES string of the molecule is CN(C)Cc1ccccc1.CS(C)=O.[Pt+2].c1cnc2[nH]ccc2c1. The van der Waals surface area contributed by atoms with Crippen LogP contribution >= 0.6 is 0 Å². The van der Waals surface area contributed by atoms with Crippen molar-refractivity contribution < 1.29 is 25.3 Å². The monoisotopic (exact) mass is 526 g/mol. The number of H-pyrrole nitrogens is 1. The minimum atomic E-state index is -0.611. The molecule has 1 aromatic carbocycles. The molecule has 0 saturated heterocycles. The predicted molar refractivity (Wildman–Crippen MR) is 99.9 cm³/mol. The van der Waals surface area contributed by atoms with Crippen molar-refractivity contribution in [3.05, 3.63) is 66.5 Å². The number of hydrogen-bond donors (Lipinski definition) is 1. The quantitative estimate of drug-likeness (QED) is 0.558. The maximum absolute atomic E-state index is 9.56. The van der Waals surface area contributed by atoms with Gasteiger partial charge in [-0.15, -0.1) is 0 Å². The Labute approximate surface area is 161 Å². The van der Waals surface area contributed by atoms with Gasteiger partial charge < -0.3 is 9.88 Å². The van der Waals surface area contributed by atoms with Gasteiger partial charge in [-0.1, -0.05) is 30.3 Å². The number of aromatic amines is 1. The van der Waals surface area contributed by atoms with E-state index in [-0.39, 0.29) is 21.1 Å². The summed E-state index contributed by atoms with van der Waals surface area (Å²) in [5, 5.41) is 1.16. The van der Waals surface area contributed by atoms with Crippen LogP contribution in [0.5, 0.6) is 0 Å². The first-order valence-electron chi connectivity index (χ1n) is 7.31. The molecule has 24 heavy (non-hydrogen) atoms. The number of pyridine rings is 1. The van der Waals surface area contributed by atoms with E-state index in [1.54, 1.807) is 18.7 Å². The molecule has 0 atom stereocenters. The number of fused-ring (bicyclic) bond motifs is 1. The summed E-state index contributed by atoms with van der Waals surface area (Å²) >= 11 is 0. The normalized spacial score (nSPS) is 9.58. The average molecular weight is 527 g/mol. The van der Waals surface area contributed by atoms with Gasteiger partial charge in [0.05, 0.1) is 0 Å². The van der Waals surface area contributed by atoms with Crippen LogP contribution in [0.25, 0.3) is 11.0 Å². The fourth-order valence-corrected chi connectivity index (χ4v) is 1.83. The number of nitrogens with one attached hydrogen (secondary N) is 1. The summed E-state index contributed by atoms with van der Waals surface area (Å²) in [6.07, 6.45) is 6.94. The molecule has 0 bridgehead atoms. The van der Waals surface area contributed by atoms with Crippen LogP contribution in [0.4, 0.5) is 0 Å². The largest absolute Gasteiger partial charge is 2.00 e. The van der Waals surface area contributed by atoms with Crippen molar-refractivity contribution in [3.63, 3.8) is 0 Å². The van der Waals surface area contributed by atoms with Gasteiger partial charge >= 0.3 is 21.1 Å². The molecular formula is C18H25N3OPtS+2. The zero-order valence-corrected chi connectivity index (χ0v) is 17.6. The summed E-state index contributed by atoms with van der Waals surface area (Å²) < 4.78 is 9.56. The molecule has 132 valence electrons. The molecule has 3 aromatic rings. The van der Waals surface area contributed by atoms with Crippen molar-refractivity contribution in [1.29, 1.82) is 0 Å². The van der Waals surface area contributed by atoms with Crippen LogP contribution in [0.15, 0.2) is 60.9 Å². The Morgan fingerprint density at radius 2 is 1.67 bits per heavy atom. The number of aromatic nitrogens is 2. The van der Waals surface area contributed by atoms with Gasteiger partial charge in [-0.25, -0.2) is 4.98 Å². The molecule has 0 aliphatic heterocycles. The Bertz CT molecular complexity index is 667. The first kappa shape index (κ1) is 22.7. The Morgan fingerprint density at radius 3 is 2.21 bits per heavy atom. The van der Waals surface area contributed by atoms with E-state index >= 15 is 0 Å². The van der Waals surface area contributed by atoms with Gasteiger partial charge in [-0.2, -0.15) is 0 Å². The van der Waals surface area contributed by atoms with Crippen molar-refractivity contribution in [3.8, 4) is 0 Å². The molecule has 1 N–H and O–H groups in total. The van der Waals surface area contributed by atoms with E-state index in [4.69, 9.17) is 0 Å². The molecule has 4 nitrogen and oxygen atoms in total. The minimum absolute atomic E-state index is 0. The summed E-state index contributed by atoms with van der Waals surface area (Å²) in [7, 11) is 3.54. The first-order valence-corrected chi connectivity index (χ1v) is 9.27. The summed E-state index contributed by atoms with van der Waals surface area (Å²) in [4.78, 5) is 9.26. The standard InChI is InChI=1S/C9H13N.C7H6N2.C2H6OS.Pt/c1-10(2)8-9-6-4-3-5-7-9;1-2-6-3-5-9-7(6)8-4-1;1-4(2)3;/h3-7H,8H2,1-2H3;1-5H,(H,8,9);1-2H3;/q;;;+2. The molecule has 0 fully saturated rings. The Morgan fingerprint density at radius 1 is 1.04 bits per heavy atom. The van der Waals surface area contributed by atoms with E-state index in [0.29, 0.717) is 0 Å². The summed E-state index contributed by atoms with van der Waals surface area (Å²) in [5.74, 6) is 0. The van der Waals surface area contributed by atoms with Crippen molar-refractivity contribution in [2.24, 2.45) is 0 Å². The second kappa shape index (κ2) is 13.1. The number of rotatable bonds is 2. The molecule has 2 aromatic heterocycles. The molecule has 3 rings (SSSR count). The number of hydrogen-bond acceptors (Lipinski definition) is 3. The van der Waals surface area contributed by atoms with E-state index in [9.17, 15) is 4.21 Å². The molecule has 0 aliphatic rings. The van der Waals surface area contributed by atoms with Gasteiger partial charge in [0.25, 0.3) is 0 Å². The molecule has 0 aliphatic carbocycles. The van der Waals surface area contributed by atoms with E-state index in [1.165, 1.54) is 5.56 Å². The molecule has 0 radical (unpaired) electrons. The minimum Gasteiger partial charge on any atom is -0.346 e. The van der Waals surface area contributed by atoms with Crippen LogP contribution in [-0.4, -0.2) is 45.7 Å². The van der Waals surface area contributed by atoms with E-state index in [2.05, 4.69) is 53.2 Å². The first-order chi connectivity index (χ1) is 11.0. The van der Waals surface area contributed by atoms with Gasteiger partial charge in [0.2, 0.25) is 0 Å². The fraction of sp³-hybridized carbons (Fsp3) is 0.278. The molecule has 0 spiro atoms. The summed E-state index contributed by atoms with van der Waals surface area (Å²) in [6, 6.07) is 16.4. The third kappa shape index (κ3) is 10.5. The molecule has 0 amide bonds. The molecule has 0 saturated carbocycles. The fourth-order valence-electron chi connectivity index (χ4n) is 1.83. The van der Waals surface area contributed by atoms with Crippen molar-refractivity contribution in [2.45, 2.75) is 6.54 Å². The Balaban J connectivity index is 0.000000352. The third-order valence-corrected chi connectivity index (χ3v) is 2.66. The van der Waals surface area contributed by atoms with Gasteiger partial charge in [0.15, 0.2) is 0 Å². The zero-order chi connectivity index (χ0) is 17.1. The van der Waals surface area contributed by atoms with Gasteiger partial charge in [0.1, 0.15) is 5.65 Å². The van der Waals surface area contributed by atoms with E-state index < -0.39 is 10.8 Å². The maximum Gasteiger partial charge on any atom is 2.00 e. The van der Waals surface area contributed by atoms with Crippen LogP contribution < -0.4 is 0 Å². The number of benzene rings is 1. The van der Waals surface area contributed by atoms with Gasteiger partial charge in [-0.05, 0) is 37.9 Å². The van der Waals surface area contributed by atoms with Crippen molar-refractivity contribution in [2.75, 3.05) is 26.6 Å². The smallest absolute Gasteiger partial charge is 0.346 e. The van der Waals surface area contributed by atoms with Gasteiger partial charge in [0, 0.05) is 47.6 Å². The van der Waals surface area contributed by atoms with Crippen LogP contribution in [-0.2, 0) is 38.4 Å². The van der Waals surface area contributed by atoms with Crippen LogP contribution in [0.1, 0.15) is 5.56 Å². The van der Waals surface area contributed by atoms with Crippen LogP contribution in [0.3, 0.4) is 0 Å².